The van der Waals surface area contributed by atoms with Crippen molar-refractivity contribution in [2.45, 2.75) is 26.6 Å². The number of benzene rings is 2. The van der Waals surface area contributed by atoms with E-state index in [1.165, 1.54) is 0 Å². The molecule has 0 amide bonds. The summed E-state index contributed by atoms with van der Waals surface area (Å²) in [6.45, 7) is 3.96. The number of pyridine rings is 1. The van der Waals surface area contributed by atoms with E-state index in [-0.39, 0.29) is 19.0 Å². The van der Waals surface area contributed by atoms with E-state index in [2.05, 4.69) is 10.3 Å². The second-order valence-electron chi connectivity index (χ2n) is 6.29. The first kappa shape index (κ1) is 24.6. The first-order valence-electron chi connectivity index (χ1n) is 9.19. The van der Waals surface area contributed by atoms with Crippen molar-refractivity contribution in [2.24, 2.45) is 0 Å². The summed E-state index contributed by atoms with van der Waals surface area (Å²) in [6.07, 6.45) is 1.78. The summed E-state index contributed by atoms with van der Waals surface area (Å²) >= 11 is 18.7. The van der Waals surface area contributed by atoms with Gasteiger partial charge in [-0.05, 0) is 48.9 Å². The minimum absolute atomic E-state index is 0. The Labute approximate surface area is 197 Å². The molecule has 0 radical (unpaired) electrons. The molecule has 0 saturated carbocycles. The monoisotopic (exact) mass is 486 g/mol. The molecule has 0 saturated heterocycles. The summed E-state index contributed by atoms with van der Waals surface area (Å²) in [5.41, 5.74) is 2.78. The van der Waals surface area contributed by atoms with Crippen molar-refractivity contribution in [3.63, 3.8) is 0 Å². The van der Waals surface area contributed by atoms with Crippen LogP contribution in [-0.4, -0.2) is 11.6 Å². The number of nitrogens with zero attached hydrogens (tertiary/aromatic N) is 1. The minimum Gasteiger partial charge on any atom is -0.490 e. The van der Waals surface area contributed by atoms with Crippen LogP contribution in [0.4, 0.5) is 0 Å². The van der Waals surface area contributed by atoms with E-state index >= 15 is 0 Å². The smallest absolute Gasteiger partial charge is 0.180 e. The zero-order valence-corrected chi connectivity index (χ0v) is 19.4. The lowest BCUT2D eigenvalue weighted by atomic mass is 10.2. The predicted molar refractivity (Wildman–Crippen MR) is 125 cm³/mol. The van der Waals surface area contributed by atoms with Crippen molar-refractivity contribution < 1.29 is 9.47 Å². The molecule has 8 heteroatoms. The van der Waals surface area contributed by atoms with Gasteiger partial charge < -0.3 is 14.8 Å². The Balaban J connectivity index is 0.00000320. The molecule has 30 heavy (non-hydrogen) atoms. The van der Waals surface area contributed by atoms with Crippen LogP contribution in [0.2, 0.25) is 15.1 Å². The van der Waals surface area contributed by atoms with Gasteiger partial charge in [0.15, 0.2) is 11.5 Å². The summed E-state index contributed by atoms with van der Waals surface area (Å²) in [4.78, 5) is 4.30. The second kappa shape index (κ2) is 12.2. The largest absolute Gasteiger partial charge is 0.490 e. The van der Waals surface area contributed by atoms with E-state index < -0.39 is 0 Å². The lowest BCUT2D eigenvalue weighted by Gasteiger charge is -2.16. The van der Waals surface area contributed by atoms with Gasteiger partial charge in [-0.25, -0.2) is 0 Å². The fraction of sp³-hybridized carbons (Fsp3) is 0.227. The number of halogens is 4. The Morgan fingerprint density at radius 2 is 1.77 bits per heavy atom. The van der Waals surface area contributed by atoms with Crippen molar-refractivity contribution >= 4 is 47.2 Å². The molecule has 3 rings (SSSR count). The maximum absolute atomic E-state index is 6.50. The third kappa shape index (κ3) is 6.93. The Morgan fingerprint density at radius 1 is 0.933 bits per heavy atom. The molecule has 0 spiro atoms. The molecule has 0 fully saturated rings. The highest BCUT2D eigenvalue weighted by Crippen LogP contribution is 2.37. The van der Waals surface area contributed by atoms with Crippen molar-refractivity contribution in [2.75, 3.05) is 6.61 Å². The van der Waals surface area contributed by atoms with Crippen LogP contribution in [0.15, 0.2) is 54.7 Å². The summed E-state index contributed by atoms with van der Waals surface area (Å²) in [5, 5.41) is 4.96. The highest BCUT2D eigenvalue weighted by Gasteiger charge is 2.14. The zero-order chi connectivity index (χ0) is 20.6. The number of nitrogens with one attached hydrogen (secondary N) is 1. The highest BCUT2D eigenvalue weighted by atomic mass is 35.5. The molecule has 4 nitrogen and oxygen atoms in total. The van der Waals surface area contributed by atoms with Crippen LogP contribution in [0, 0.1) is 0 Å². The molecule has 0 atom stereocenters. The normalized spacial score (nSPS) is 10.4. The Bertz CT molecular complexity index is 955. The van der Waals surface area contributed by atoms with E-state index in [0.29, 0.717) is 46.3 Å². The fourth-order valence-electron chi connectivity index (χ4n) is 2.75. The lowest BCUT2D eigenvalue weighted by Crippen LogP contribution is -2.14. The van der Waals surface area contributed by atoms with Crippen molar-refractivity contribution in [1.29, 1.82) is 0 Å². The maximum atomic E-state index is 6.50. The molecular weight excluding hydrogens is 466 g/mol. The van der Waals surface area contributed by atoms with Gasteiger partial charge in [0.1, 0.15) is 6.61 Å². The molecule has 0 unspecified atom stereocenters. The number of aromatic nitrogens is 1. The van der Waals surface area contributed by atoms with E-state index in [0.717, 1.165) is 16.8 Å². The van der Waals surface area contributed by atoms with Crippen LogP contribution in [0.1, 0.15) is 23.7 Å². The van der Waals surface area contributed by atoms with Crippen molar-refractivity contribution in [3.05, 3.63) is 86.6 Å². The average molecular weight is 488 g/mol. The van der Waals surface area contributed by atoms with Gasteiger partial charge in [-0.3, -0.25) is 4.98 Å². The molecule has 1 N–H and O–H groups in total. The number of hydrogen-bond acceptors (Lipinski definition) is 4. The van der Waals surface area contributed by atoms with Crippen molar-refractivity contribution in [3.8, 4) is 11.5 Å². The Morgan fingerprint density at radius 3 is 2.47 bits per heavy atom. The number of ether oxygens (including phenoxy) is 2. The van der Waals surface area contributed by atoms with Gasteiger partial charge in [0.25, 0.3) is 0 Å². The Kier molecular flexibility index (Phi) is 10.0. The SMILES string of the molecule is CCOc1cc(CNCc2ccccn2)cc(Cl)c1OCc1ccc(Cl)cc1Cl.Cl. The average Bonchev–Trinajstić information content (AvgIpc) is 2.70. The van der Waals surface area contributed by atoms with Crippen LogP contribution in [0.5, 0.6) is 11.5 Å². The van der Waals surface area contributed by atoms with Crippen LogP contribution < -0.4 is 14.8 Å². The molecule has 1 heterocycles. The quantitative estimate of drug-likeness (QED) is 0.363. The Hall–Kier alpha value is -1.69. The molecule has 2 aromatic carbocycles. The van der Waals surface area contributed by atoms with Gasteiger partial charge in [0, 0.05) is 34.9 Å². The van der Waals surface area contributed by atoms with Gasteiger partial charge in [-0.15, -0.1) is 12.4 Å². The molecule has 0 aliphatic rings. The molecule has 0 bridgehead atoms. The molecule has 1 aromatic heterocycles. The maximum Gasteiger partial charge on any atom is 0.180 e. The van der Waals surface area contributed by atoms with Gasteiger partial charge in [0.05, 0.1) is 17.3 Å². The summed E-state index contributed by atoms with van der Waals surface area (Å²) in [5.74, 6) is 1.09. The number of hydrogen-bond donors (Lipinski definition) is 1. The molecule has 0 aliphatic carbocycles. The van der Waals surface area contributed by atoms with Crippen LogP contribution in [0.25, 0.3) is 0 Å². The number of rotatable bonds is 9. The van der Waals surface area contributed by atoms with E-state index in [9.17, 15) is 0 Å². The highest BCUT2D eigenvalue weighted by molar-refractivity contribution is 6.35. The van der Waals surface area contributed by atoms with E-state index in [1.54, 1.807) is 18.3 Å². The van der Waals surface area contributed by atoms with Crippen molar-refractivity contribution in [1.82, 2.24) is 10.3 Å². The minimum atomic E-state index is 0. The van der Waals surface area contributed by atoms with E-state index in [1.807, 2.05) is 43.3 Å². The third-order valence-corrected chi connectivity index (χ3v) is 4.99. The summed E-state index contributed by atoms with van der Waals surface area (Å²) < 4.78 is 11.7. The molecular formula is C22H22Cl4N2O2. The molecule has 3 aromatic rings. The first-order chi connectivity index (χ1) is 14.1. The van der Waals surface area contributed by atoms with Gasteiger partial charge in [-0.1, -0.05) is 46.9 Å². The topological polar surface area (TPSA) is 43.4 Å². The first-order valence-corrected chi connectivity index (χ1v) is 10.3. The van der Waals surface area contributed by atoms with Crippen LogP contribution >= 0.6 is 47.2 Å². The molecule has 0 aliphatic heterocycles. The third-order valence-electron chi connectivity index (χ3n) is 4.12. The van der Waals surface area contributed by atoms with Gasteiger partial charge in [0.2, 0.25) is 0 Å². The van der Waals surface area contributed by atoms with Crippen LogP contribution in [0.3, 0.4) is 0 Å². The summed E-state index contributed by atoms with van der Waals surface area (Å²) in [7, 11) is 0. The standard InChI is InChI=1S/C22H21Cl3N2O2.ClH/c1-2-28-21-10-15(12-26-13-18-5-3-4-8-27-18)9-20(25)22(21)29-14-16-6-7-17(23)11-19(16)24;/h3-11,26H,2,12-14H2,1H3;1H. The van der Waals surface area contributed by atoms with Crippen LogP contribution in [-0.2, 0) is 19.7 Å². The second-order valence-corrected chi connectivity index (χ2v) is 7.54. The zero-order valence-electron chi connectivity index (χ0n) is 16.3. The lowest BCUT2D eigenvalue weighted by molar-refractivity contribution is 0.269. The predicted octanol–water partition coefficient (Wildman–Crippen LogP) is 6.73. The summed E-state index contributed by atoms with van der Waals surface area (Å²) in [6, 6.07) is 14.9. The van der Waals surface area contributed by atoms with E-state index in [4.69, 9.17) is 44.3 Å². The molecule has 160 valence electrons. The van der Waals surface area contributed by atoms with Gasteiger partial charge >= 0.3 is 0 Å². The van der Waals surface area contributed by atoms with Gasteiger partial charge in [-0.2, -0.15) is 0 Å². The fourth-order valence-corrected chi connectivity index (χ4v) is 3.50.